The number of rotatable bonds is 6. The molecule has 2 N–H and O–H groups in total. The summed E-state index contributed by atoms with van der Waals surface area (Å²) >= 11 is 0. The standard InChI is InChI=1S/C14H21FN2O/c1-3-4-12(9-16)14(18)17(2)10-11-5-7-13(15)8-6-11/h5-8,12H,3-4,9-10,16H2,1-2H3. The zero-order valence-electron chi connectivity index (χ0n) is 11.0. The van der Waals surface area contributed by atoms with Crippen molar-refractivity contribution in [2.45, 2.75) is 26.3 Å². The number of amides is 1. The molecule has 1 rings (SSSR count). The van der Waals surface area contributed by atoms with Crippen LogP contribution >= 0.6 is 0 Å². The Bertz CT molecular complexity index is 378. The Morgan fingerprint density at radius 3 is 2.50 bits per heavy atom. The van der Waals surface area contributed by atoms with Gasteiger partial charge in [-0.3, -0.25) is 4.79 Å². The van der Waals surface area contributed by atoms with Crippen LogP contribution in [-0.2, 0) is 11.3 Å². The molecule has 0 fully saturated rings. The molecule has 0 saturated heterocycles. The molecule has 1 aromatic carbocycles. The molecule has 1 atom stereocenters. The molecule has 1 aromatic rings. The highest BCUT2D eigenvalue weighted by atomic mass is 19.1. The maximum Gasteiger partial charge on any atom is 0.226 e. The molecule has 0 radical (unpaired) electrons. The summed E-state index contributed by atoms with van der Waals surface area (Å²) in [4.78, 5) is 13.8. The number of hydrogen-bond donors (Lipinski definition) is 1. The van der Waals surface area contributed by atoms with Crippen LogP contribution in [0.5, 0.6) is 0 Å². The third-order valence-corrected chi connectivity index (χ3v) is 2.98. The van der Waals surface area contributed by atoms with Crippen molar-refractivity contribution in [1.29, 1.82) is 0 Å². The highest BCUT2D eigenvalue weighted by molar-refractivity contribution is 5.78. The summed E-state index contributed by atoms with van der Waals surface area (Å²) in [6.45, 7) is 2.90. The molecule has 0 aliphatic rings. The number of carbonyl (C=O) groups excluding carboxylic acids is 1. The van der Waals surface area contributed by atoms with Gasteiger partial charge in [0.25, 0.3) is 0 Å². The molecule has 0 spiro atoms. The fraction of sp³-hybridized carbons (Fsp3) is 0.500. The van der Waals surface area contributed by atoms with E-state index in [1.165, 1.54) is 12.1 Å². The van der Waals surface area contributed by atoms with Crippen LogP contribution in [-0.4, -0.2) is 24.4 Å². The summed E-state index contributed by atoms with van der Waals surface area (Å²) in [5, 5.41) is 0. The molecule has 0 aliphatic heterocycles. The van der Waals surface area contributed by atoms with Gasteiger partial charge >= 0.3 is 0 Å². The first-order valence-electron chi connectivity index (χ1n) is 6.28. The first-order valence-corrected chi connectivity index (χ1v) is 6.28. The van der Waals surface area contributed by atoms with Crippen LogP contribution in [0.25, 0.3) is 0 Å². The normalized spacial score (nSPS) is 12.2. The minimum Gasteiger partial charge on any atom is -0.341 e. The minimum absolute atomic E-state index is 0.0590. The summed E-state index contributed by atoms with van der Waals surface area (Å²) in [5.41, 5.74) is 6.53. The third kappa shape index (κ3) is 4.11. The Morgan fingerprint density at radius 1 is 1.39 bits per heavy atom. The average molecular weight is 252 g/mol. The summed E-state index contributed by atoms with van der Waals surface area (Å²) in [5.74, 6) is -0.317. The number of benzene rings is 1. The smallest absolute Gasteiger partial charge is 0.226 e. The summed E-state index contributed by atoms with van der Waals surface area (Å²) < 4.78 is 12.8. The Labute approximate surface area is 108 Å². The second-order valence-corrected chi connectivity index (χ2v) is 4.54. The molecule has 0 aliphatic carbocycles. The van der Waals surface area contributed by atoms with E-state index in [0.717, 1.165) is 18.4 Å². The number of nitrogens with zero attached hydrogens (tertiary/aromatic N) is 1. The van der Waals surface area contributed by atoms with Crippen molar-refractivity contribution in [2.24, 2.45) is 11.7 Å². The number of nitrogens with two attached hydrogens (primary N) is 1. The van der Waals surface area contributed by atoms with Crippen LogP contribution in [0.4, 0.5) is 4.39 Å². The van der Waals surface area contributed by atoms with Crippen LogP contribution in [0.3, 0.4) is 0 Å². The summed E-state index contributed by atoms with van der Waals surface area (Å²) in [7, 11) is 1.75. The van der Waals surface area contributed by atoms with E-state index in [-0.39, 0.29) is 17.6 Å². The number of carbonyl (C=O) groups is 1. The highest BCUT2D eigenvalue weighted by Gasteiger charge is 2.19. The lowest BCUT2D eigenvalue weighted by atomic mass is 10.0. The van der Waals surface area contributed by atoms with Crippen molar-refractivity contribution in [3.63, 3.8) is 0 Å². The Kier molecular flexibility index (Phi) is 5.78. The fourth-order valence-corrected chi connectivity index (χ4v) is 1.94. The van der Waals surface area contributed by atoms with Gasteiger partial charge in [-0.05, 0) is 24.1 Å². The van der Waals surface area contributed by atoms with Gasteiger partial charge < -0.3 is 10.6 Å². The quantitative estimate of drug-likeness (QED) is 0.843. The largest absolute Gasteiger partial charge is 0.341 e. The Hall–Kier alpha value is -1.42. The van der Waals surface area contributed by atoms with Gasteiger partial charge in [-0.25, -0.2) is 4.39 Å². The van der Waals surface area contributed by atoms with Gasteiger partial charge in [0, 0.05) is 20.1 Å². The lowest BCUT2D eigenvalue weighted by Gasteiger charge is -2.22. The monoisotopic (exact) mass is 252 g/mol. The zero-order chi connectivity index (χ0) is 13.5. The first-order chi connectivity index (χ1) is 8.58. The molecule has 1 unspecified atom stereocenters. The second kappa shape index (κ2) is 7.11. The van der Waals surface area contributed by atoms with Gasteiger partial charge in [0.1, 0.15) is 5.82 Å². The van der Waals surface area contributed by atoms with Crippen molar-refractivity contribution in [3.05, 3.63) is 35.6 Å². The third-order valence-electron chi connectivity index (χ3n) is 2.98. The molecule has 100 valence electrons. The van der Waals surface area contributed by atoms with E-state index < -0.39 is 0 Å². The number of halogens is 1. The second-order valence-electron chi connectivity index (χ2n) is 4.54. The van der Waals surface area contributed by atoms with Gasteiger partial charge in [-0.1, -0.05) is 25.5 Å². The van der Waals surface area contributed by atoms with Crippen molar-refractivity contribution < 1.29 is 9.18 Å². The molecule has 0 aromatic heterocycles. The molecule has 0 bridgehead atoms. The summed E-state index contributed by atoms with van der Waals surface area (Å²) in [6.07, 6.45) is 1.75. The topological polar surface area (TPSA) is 46.3 Å². The zero-order valence-corrected chi connectivity index (χ0v) is 11.0. The van der Waals surface area contributed by atoms with Gasteiger partial charge in [-0.15, -0.1) is 0 Å². The van der Waals surface area contributed by atoms with E-state index in [0.29, 0.717) is 13.1 Å². The van der Waals surface area contributed by atoms with E-state index in [1.807, 2.05) is 6.92 Å². The van der Waals surface area contributed by atoms with Gasteiger partial charge in [-0.2, -0.15) is 0 Å². The maximum atomic E-state index is 12.8. The number of hydrogen-bond acceptors (Lipinski definition) is 2. The highest BCUT2D eigenvalue weighted by Crippen LogP contribution is 2.11. The molecule has 0 heterocycles. The van der Waals surface area contributed by atoms with Gasteiger partial charge in [0.2, 0.25) is 5.91 Å². The molecular formula is C14H21FN2O. The average Bonchev–Trinajstić information content (AvgIpc) is 2.37. The molecule has 3 nitrogen and oxygen atoms in total. The van der Waals surface area contributed by atoms with Crippen molar-refractivity contribution in [3.8, 4) is 0 Å². The maximum absolute atomic E-state index is 12.8. The SMILES string of the molecule is CCCC(CN)C(=O)N(C)Cc1ccc(F)cc1. The van der Waals surface area contributed by atoms with Crippen molar-refractivity contribution in [2.75, 3.05) is 13.6 Å². The van der Waals surface area contributed by atoms with Gasteiger partial charge in [0.15, 0.2) is 0 Å². The molecular weight excluding hydrogens is 231 g/mol. The molecule has 18 heavy (non-hydrogen) atoms. The van der Waals surface area contributed by atoms with Crippen LogP contribution in [0.2, 0.25) is 0 Å². The minimum atomic E-state index is -0.265. The van der Waals surface area contributed by atoms with Crippen LogP contribution < -0.4 is 5.73 Å². The molecule has 4 heteroatoms. The lowest BCUT2D eigenvalue weighted by molar-refractivity contribution is -0.134. The van der Waals surface area contributed by atoms with Crippen molar-refractivity contribution in [1.82, 2.24) is 4.90 Å². The Morgan fingerprint density at radius 2 is 2.00 bits per heavy atom. The van der Waals surface area contributed by atoms with Crippen molar-refractivity contribution >= 4 is 5.91 Å². The fourth-order valence-electron chi connectivity index (χ4n) is 1.94. The predicted molar refractivity (Wildman–Crippen MR) is 70.3 cm³/mol. The molecule has 1 amide bonds. The molecule has 0 saturated carbocycles. The Balaban J connectivity index is 2.61. The van der Waals surface area contributed by atoms with E-state index in [1.54, 1.807) is 24.1 Å². The predicted octanol–water partition coefficient (Wildman–Crippen LogP) is 2.16. The van der Waals surface area contributed by atoms with E-state index in [2.05, 4.69) is 0 Å². The van der Waals surface area contributed by atoms with E-state index in [4.69, 9.17) is 5.73 Å². The van der Waals surface area contributed by atoms with Crippen LogP contribution in [0, 0.1) is 11.7 Å². The van der Waals surface area contributed by atoms with E-state index in [9.17, 15) is 9.18 Å². The lowest BCUT2D eigenvalue weighted by Crippen LogP contribution is -2.36. The van der Waals surface area contributed by atoms with Gasteiger partial charge in [0.05, 0.1) is 5.92 Å². The van der Waals surface area contributed by atoms with Crippen LogP contribution in [0.1, 0.15) is 25.3 Å². The first kappa shape index (κ1) is 14.6. The summed E-state index contributed by atoms with van der Waals surface area (Å²) in [6, 6.07) is 6.19. The van der Waals surface area contributed by atoms with E-state index >= 15 is 0 Å². The van der Waals surface area contributed by atoms with Crippen LogP contribution in [0.15, 0.2) is 24.3 Å².